The summed E-state index contributed by atoms with van der Waals surface area (Å²) in [6.45, 7) is 0.683. The van der Waals surface area contributed by atoms with Gasteiger partial charge in [0.1, 0.15) is 6.04 Å². The highest BCUT2D eigenvalue weighted by Crippen LogP contribution is 2.20. The lowest BCUT2D eigenvalue weighted by Crippen LogP contribution is -2.41. The number of carboxylic acids is 2. The SMILES string of the molecule is Nc1nc(=O)c2nc(CN(CCC(N)CCN3C(=O)C=CC3=O)c3ccc(C(=O)N[C@@H](CCC(=O)O)C(=O)O)cc3)cnc2[nH]1. The number of aliphatic carboxylic acids is 2. The van der Waals surface area contributed by atoms with Crippen molar-refractivity contribution >= 4 is 52.5 Å². The molecule has 2 atom stereocenters. The van der Waals surface area contributed by atoms with E-state index in [9.17, 15) is 33.9 Å². The standard InChI is InChI=1S/C28H31N9O8/c29-16(10-12-37-20(38)6-7-21(37)39)9-11-36(14-17-13-31-24-23(32-17)26(43)35-28(30)34-24)18-3-1-15(2-4-18)25(42)33-19(27(44)45)5-8-22(40)41/h1-4,6-7,13,16,19H,5,8-12,14,29H2,(H,33,42)(H,40,41)(H,44,45)(H3,30,31,34,35,43)/t16?,19-/m0/s1. The number of benzene rings is 1. The number of aromatic amines is 1. The van der Waals surface area contributed by atoms with Crippen molar-refractivity contribution in [1.82, 2.24) is 30.2 Å². The minimum absolute atomic E-state index is 0.00481. The number of carbonyl (C=O) groups excluding carboxylic acids is 3. The third-order valence-corrected chi connectivity index (χ3v) is 6.99. The minimum atomic E-state index is -1.38. The monoisotopic (exact) mass is 621 g/mol. The summed E-state index contributed by atoms with van der Waals surface area (Å²) in [6, 6.07) is 4.45. The Balaban J connectivity index is 1.50. The van der Waals surface area contributed by atoms with E-state index < -0.39 is 53.7 Å². The van der Waals surface area contributed by atoms with E-state index in [0.29, 0.717) is 30.8 Å². The Kier molecular flexibility index (Phi) is 10.1. The van der Waals surface area contributed by atoms with Gasteiger partial charge in [-0.1, -0.05) is 0 Å². The van der Waals surface area contributed by atoms with Gasteiger partial charge < -0.3 is 36.9 Å². The summed E-state index contributed by atoms with van der Waals surface area (Å²) in [5.41, 5.74) is 12.6. The molecule has 17 nitrogen and oxygen atoms in total. The molecule has 3 amide bonds. The van der Waals surface area contributed by atoms with E-state index in [1.807, 2.05) is 4.90 Å². The zero-order chi connectivity index (χ0) is 32.7. The van der Waals surface area contributed by atoms with Crippen LogP contribution in [0.4, 0.5) is 11.6 Å². The molecule has 0 fully saturated rings. The summed E-state index contributed by atoms with van der Waals surface area (Å²) in [6.07, 6.45) is 3.95. The summed E-state index contributed by atoms with van der Waals surface area (Å²) in [4.78, 5) is 89.1. The molecule has 1 aliphatic rings. The maximum atomic E-state index is 12.7. The van der Waals surface area contributed by atoms with Crippen LogP contribution in [-0.2, 0) is 25.7 Å². The number of aromatic nitrogens is 4. The first kappa shape index (κ1) is 32.2. The van der Waals surface area contributed by atoms with Crippen LogP contribution in [0.15, 0.2) is 47.4 Å². The smallest absolute Gasteiger partial charge is 0.326 e. The molecular weight excluding hydrogens is 590 g/mol. The lowest BCUT2D eigenvalue weighted by molar-refractivity contribution is -0.141. The lowest BCUT2D eigenvalue weighted by atomic mass is 10.1. The van der Waals surface area contributed by atoms with Crippen LogP contribution in [0.1, 0.15) is 41.7 Å². The Bertz CT molecular complexity index is 1690. The van der Waals surface area contributed by atoms with Crippen LogP contribution in [0.2, 0.25) is 0 Å². The fourth-order valence-corrected chi connectivity index (χ4v) is 4.55. The maximum Gasteiger partial charge on any atom is 0.326 e. The van der Waals surface area contributed by atoms with Crippen LogP contribution in [-0.4, -0.2) is 89.9 Å². The van der Waals surface area contributed by atoms with Crippen molar-refractivity contribution in [2.45, 2.75) is 44.3 Å². The molecule has 1 unspecified atom stereocenters. The molecule has 4 rings (SSSR count). The molecular formula is C28H31N9O8. The number of H-pyrrole nitrogens is 1. The van der Waals surface area contributed by atoms with Gasteiger partial charge in [-0.3, -0.25) is 28.9 Å². The number of nitrogen functional groups attached to an aromatic ring is 1. The van der Waals surface area contributed by atoms with E-state index in [0.717, 1.165) is 4.90 Å². The topological polar surface area (TPSA) is 268 Å². The summed E-state index contributed by atoms with van der Waals surface area (Å²) >= 11 is 0. The third-order valence-electron chi connectivity index (χ3n) is 6.99. The van der Waals surface area contributed by atoms with Crippen molar-refractivity contribution in [2.24, 2.45) is 5.73 Å². The molecule has 17 heteroatoms. The van der Waals surface area contributed by atoms with Crippen molar-refractivity contribution in [3.8, 4) is 0 Å². The van der Waals surface area contributed by atoms with Crippen molar-refractivity contribution in [1.29, 1.82) is 0 Å². The number of nitrogens with two attached hydrogens (primary N) is 2. The normalized spacial score (nSPS) is 14.0. The van der Waals surface area contributed by atoms with Gasteiger partial charge in [0.25, 0.3) is 17.7 Å². The maximum absolute atomic E-state index is 12.7. The Morgan fingerprint density at radius 2 is 1.69 bits per heavy atom. The molecule has 8 N–H and O–H groups in total. The fourth-order valence-electron chi connectivity index (χ4n) is 4.55. The van der Waals surface area contributed by atoms with Crippen molar-refractivity contribution in [3.05, 3.63) is 64.2 Å². The van der Waals surface area contributed by atoms with Crippen molar-refractivity contribution < 1.29 is 34.2 Å². The van der Waals surface area contributed by atoms with Crippen molar-refractivity contribution in [3.63, 3.8) is 0 Å². The van der Waals surface area contributed by atoms with Gasteiger partial charge >= 0.3 is 17.5 Å². The van der Waals surface area contributed by atoms with Gasteiger partial charge in [-0.25, -0.2) is 14.8 Å². The van der Waals surface area contributed by atoms with Gasteiger partial charge in [-0.05, 0) is 43.5 Å². The number of rotatable bonds is 15. The highest BCUT2D eigenvalue weighted by Gasteiger charge is 2.24. The Morgan fingerprint density at radius 3 is 2.33 bits per heavy atom. The predicted molar refractivity (Wildman–Crippen MR) is 159 cm³/mol. The highest BCUT2D eigenvalue weighted by molar-refractivity contribution is 6.12. The predicted octanol–water partition coefficient (Wildman–Crippen LogP) is -0.618. The van der Waals surface area contributed by atoms with E-state index in [4.69, 9.17) is 16.6 Å². The first-order chi connectivity index (χ1) is 21.4. The zero-order valence-electron chi connectivity index (χ0n) is 23.9. The molecule has 3 aromatic rings. The molecule has 45 heavy (non-hydrogen) atoms. The van der Waals surface area contributed by atoms with Crippen LogP contribution in [0.5, 0.6) is 0 Å². The quantitative estimate of drug-likeness (QED) is 0.116. The number of amides is 3. The number of hydrogen-bond acceptors (Lipinski definition) is 12. The second-order valence-corrected chi connectivity index (χ2v) is 10.2. The van der Waals surface area contributed by atoms with E-state index >= 15 is 0 Å². The third kappa shape index (κ3) is 8.44. The Morgan fingerprint density at radius 1 is 1.00 bits per heavy atom. The highest BCUT2D eigenvalue weighted by atomic mass is 16.4. The summed E-state index contributed by atoms with van der Waals surface area (Å²) in [7, 11) is 0. The molecule has 3 heterocycles. The number of hydrogen-bond donors (Lipinski definition) is 6. The van der Waals surface area contributed by atoms with E-state index in [1.165, 1.54) is 30.5 Å². The van der Waals surface area contributed by atoms with Crippen LogP contribution in [0.25, 0.3) is 11.2 Å². The van der Waals surface area contributed by atoms with Crippen LogP contribution < -0.4 is 27.2 Å². The summed E-state index contributed by atoms with van der Waals surface area (Å²) in [5.74, 6) is -4.12. The summed E-state index contributed by atoms with van der Waals surface area (Å²) in [5, 5.41) is 20.5. The minimum Gasteiger partial charge on any atom is -0.481 e. The van der Waals surface area contributed by atoms with Gasteiger partial charge in [0.15, 0.2) is 11.2 Å². The molecule has 0 bridgehead atoms. The Labute approximate surface area is 254 Å². The average molecular weight is 622 g/mol. The molecule has 0 aliphatic carbocycles. The molecule has 0 radical (unpaired) electrons. The molecule has 0 saturated carbocycles. The molecule has 1 aliphatic heterocycles. The first-order valence-corrected chi connectivity index (χ1v) is 13.8. The number of fused-ring (bicyclic) bond motifs is 1. The van der Waals surface area contributed by atoms with Gasteiger partial charge in [-0.2, -0.15) is 4.98 Å². The molecule has 236 valence electrons. The summed E-state index contributed by atoms with van der Waals surface area (Å²) < 4.78 is 0. The Hall–Kier alpha value is -5.71. The van der Waals surface area contributed by atoms with Gasteiger partial charge in [0, 0.05) is 49.0 Å². The van der Waals surface area contributed by atoms with Gasteiger partial charge in [-0.15, -0.1) is 0 Å². The number of nitrogens with zero attached hydrogens (tertiary/aromatic N) is 5. The number of carbonyl (C=O) groups is 5. The van der Waals surface area contributed by atoms with E-state index in [2.05, 4.69) is 25.3 Å². The molecule has 0 saturated heterocycles. The largest absolute Gasteiger partial charge is 0.481 e. The number of carboxylic acid groups (broad SMARTS) is 2. The van der Waals surface area contributed by atoms with Gasteiger partial charge in [0.2, 0.25) is 5.95 Å². The number of nitrogens with one attached hydrogen (secondary N) is 2. The second kappa shape index (κ2) is 14.2. The van der Waals surface area contributed by atoms with Gasteiger partial charge in [0.05, 0.1) is 18.4 Å². The van der Waals surface area contributed by atoms with Crippen LogP contribution in [0, 0.1) is 0 Å². The first-order valence-electron chi connectivity index (χ1n) is 13.8. The lowest BCUT2D eigenvalue weighted by Gasteiger charge is -2.27. The van der Waals surface area contributed by atoms with Crippen LogP contribution >= 0.6 is 0 Å². The fraction of sp³-hybridized carbons (Fsp3) is 0.321. The molecule has 0 spiro atoms. The van der Waals surface area contributed by atoms with Crippen LogP contribution in [0.3, 0.4) is 0 Å². The number of anilines is 2. The van der Waals surface area contributed by atoms with E-state index in [-0.39, 0.29) is 42.2 Å². The zero-order valence-corrected chi connectivity index (χ0v) is 23.9. The molecule has 1 aromatic carbocycles. The second-order valence-electron chi connectivity index (χ2n) is 10.2. The number of imide groups is 1. The average Bonchev–Trinajstić information content (AvgIpc) is 3.32. The molecule has 2 aromatic heterocycles. The van der Waals surface area contributed by atoms with E-state index in [1.54, 1.807) is 12.1 Å². The van der Waals surface area contributed by atoms with Crippen molar-refractivity contribution in [2.75, 3.05) is 23.7 Å².